The largest absolute Gasteiger partial charge is 0.387 e. The number of amides is 2. The number of nitrogens with one attached hydrogen (secondary N) is 2. The maximum absolute atomic E-state index is 11.8. The number of rotatable bonds is 4. The number of aryl methyl sites for hydroxylation is 2. The molecule has 1 aromatic carbocycles. The molecule has 0 spiro atoms. The summed E-state index contributed by atoms with van der Waals surface area (Å²) in [5.41, 5.74) is 3.28. The summed E-state index contributed by atoms with van der Waals surface area (Å²) in [4.78, 5) is 11.8. The second kappa shape index (κ2) is 6.28. The second-order valence-corrected chi connectivity index (χ2v) is 7.12. The highest BCUT2D eigenvalue weighted by molar-refractivity contribution is 7.99. The van der Waals surface area contributed by atoms with Crippen LogP contribution in [0.15, 0.2) is 18.2 Å². The highest BCUT2D eigenvalue weighted by Gasteiger charge is 2.31. The number of carbonyl (C=O) groups excluding carboxylic acids is 1. The van der Waals surface area contributed by atoms with Crippen molar-refractivity contribution < 1.29 is 9.90 Å². The highest BCUT2D eigenvalue weighted by Crippen LogP contribution is 2.27. The number of hydrogen-bond donors (Lipinski definition) is 3. The quantitative estimate of drug-likeness (QED) is 0.795. The van der Waals surface area contributed by atoms with E-state index in [4.69, 9.17) is 0 Å². The van der Waals surface area contributed by atoms with Crippen LogP contribution in [0.3, 0.4) is 0 Å². The Morgan fingerprint density at radius 2 is 2.14 bits per heavy atom. The van der Waals surface area contributed by atoms with E-state index < -0.39 is 5.60 Å². The fraction of sp³-hybridized carbons (Fsp3) is 0.562. The van der Waals surface area contributed by atoms with Crippen LogP contribution in [-0.2, 0) is 19.4 Å². The Morgan fingerprint density at radius 1 is 1.29 bits per heavy atom. The van der Waals surface area contributed by atoms with Gasteiger partial charge in [-0.2, -0.15) is 11.8 Å². The van der Waals surface area contributed by atoms with Gasteiger partial charge in [-0.1, -0.05) is 18.2 Å². The predicted molar refractivity (Wildman–Crippen MR) is 85.6 cm³/mol. The Bertz CT molecular complexity index is 527. The van der Waals surface area contributed by atoms with Crippen molar-refractivity contribution in [2.45, 2.75) is 37.8 Å². The van der Waals surface area contributed by atoms with Crippen molar-refractivity contribution in [3.8, 4) is 0 Å². The maximum atomic E-state index is 11.8. The van der Waals surface area contributed by atoms with E-state index >= 15 is 0 Å². The molecule has 1 saturated heterocycles. The van der Waals surface area contributed by atoms with Crippen LogP contribution in [0.5, 0.6) is 0 Å². The molecule has 2 aliphatic rings. The summed E-state index contributed by atoms with van der Waals surface area (Å²) in [6.45, 7) is 0.863. The first-order valence-corrected chi connectivity index (χ1v) is 8.73. The van der Waals surface area contributed by atoms with Gasteiger partial charge in [0.05, 0.1) is 5.60 Å². The standard InChI is InChI=1S/C16H22N2O2S/c19-15(18-10-16(20)6-7-21-11-16)17-9-12-4-5-13-2-1-3-14(13)8-12/h4-5,8,20H,1-3,6-7,9-11H2,(H2,17,18,19)/t16-/m0/s1. The summed E-state index contributed by atoms with van der Waals surface area (Å²) in [7, 11) is 0. The molecule has 1 aromatic rings. The van der Waals surface area contributed by atoms with Crippen molar-refractivity contribution in [1.29, 1.82) is 0 Å². The first kappa shape index (κ1) is 14.7. The lowest BCUT2D eigenvalue weighted by Crippen LogP contribution is -2.46. The number of aliphatic hydroxyl groups is 1. The van der Waals surface area contributed by atoms with Gasteiger partial charge < -0.3 is 15.7 Å². The molecule has 0 radical (unpaired) electrons. The van der Waals surface area contributed by atoms with Gasteiger partial charge >= 0.3 is 6.03 Å². The molecule has 0 unspecified atom stereocenters. The minimum Gasteiger partial charge on any atom is -0.387 e. The molecule has 1 heterocycles. The van der Waals surface area contributed by atoms with Gasteiger partial charge in [0.25, 0.3) is 0 Å². The summed E-state index contributed by atoms with van der Waals surface area (Å²) in [5, 5.41) is 15.8. The predicted octanol–water partition coefficient (Wildman–Crippen LogP) is 1.84. The molecule has 1 atom stereocenters. The van der Waals surface area contributed by atoms with Gasteiger partial charge in [-0.3, -0.25) is 0 Å². The zero-order valence-corrected chi connectivity index (χ0v) is 13.0. The molecule has 3 rings (SSSR count). The third kappa shape index (κ3) is 3.71. The molecule has 21 heavy (non-hydrogen) atoms. The topological polar surface area (TPSA) is 61.4 Å². The van der Waals surface area contributed by atoms with Crippen LogP contribution in [0.1, 0.15) is 29.5 Å². The molecule has 4 nitrogen and oxygen atoms in total. The molecule has 0 saturated carbocycles. The van der Waals surface area contributed by atoms with E-state index in [1.807, 2.05) is 0 Å². The number of fused-ring (bicyclic) bond motifs is 1. The van der Waals surface area contributed by atoms with Crippen molar-refractivity contribution in [1.82, 2.24) is 10.6 Å². The third-order valence-corrected chi connectivity index (χ3v) is 5.51. The van der Waals surface area contributed by atoms with Gasteiger partial charge in [0.15, 0.2) is 0 Å². The van der Waals surface area contributed by atoms with Crippen molar-refractivity contribution >= 4 is 17.8 Å². The summed E-state index contributed by atoms with van der Waals surface area (Å²) in [6.07, 6.45) is 4.33. The van der Waals surface area contributed by atoms with Crippen molar-refractivity contribution in [3.05, 3.63) is 34.9 Å². The number of thioether (sulfide) groups is 1. The lowest BCUT2D eigenvalue weighted by molar-refractivity contribution is 0.0700. The van der Waals surface area contributed by atoms with Crippen molar-refractivity contribution in [3.63, 3.8) is 0 Å². The Kier molecular flexibility index (Phi) is 4.40. The van der Waals surface area contributed by atoms with Crippen LogP contribution in [0.4, 0.5) is 4.79 Å². The molecule has 114 valence electrons. The van der Waals surface area contributed by atoms with E-state index in [9.17, 15) is 9.90 Å². The van der Waals surface area contributed by atoms with Crippen molar-refractivity contribution in [2.75, 3.05) is 18.1 Å². The SMILES string of the molecule is O=C(NCc1ccc2c(c1)CCC2)NC[C@@]1(O)CCSC1. The van der Waals surface area contributed by atoms with Gasteiger partial charge in [-0.05, 0) is 48.1 Å². The first-order valence-electron chi connectivity index (χ1n) is 7.57. The summed E-state index contributed by atoms with van der Waals surface area (Å²) in [6, 6.07) is 6.26. The average molecular weight is 306 g/mol. The maximum Gasteiger partial charge on any atom is 0.315 e. The van der Waals surface area contributed by atoms with E-state index in [1.165, 1.54) is 24.0 Å². The molecule has 3 N–H and O–H groups in total. The number of urea groups is 1. The van der Waals surface area contributed by atoms with Crippen LogP contribution < -0.4 is 10.6 Å². The van der Waals surface area contributed by atoms with Crippen LogP contribution in [0.2, 0.25) is 0 Å². The number of benzene rings is 1. The molecule has 1 fully saturated rings. The molecular formula is C16H22N2O2S. The fourth-order valence-electron chi connectivity index (χ4n) is 2.96. The summed E-state index contributed by atoms with van der Waals surface area (Å²) < 4.78 is 0. The smallest absolute Gasteiger partial charge is 0.315 e. The fourth-order valence-corrected chi connectivity index (χ4v) is 4.26. The summed E-state index contributed by atoms with van der Waals surface area (Å²) >= 11 is 1.73. The minimum absolute atomic E-state index is 0.208. The van der Waals surface area contributed by atoms with Crippen LogP contribution >= 0.6 is 11.8 Å². The average Bonchev–Trinajstić information content (AvgIpc) is 3.11. The third-order valence-electron chi connectivity index (χ3n) is 4.28. The van der Waals surface area contributed by atoms with Crippen LogP contribution in [-0.4, -0.2) is 34.8 Å². The Hall–Kier alpha value is -1.20. The normalized spacial score (nSPS) is 23.9. The van der Waals surface area contributed by atoms with E-state index in [1.54, 1.807) is 11.8 Å². The van der Waals surface area contributed by atoms with E-state index in [-0.39, 0.29) is 6.03 Å². The second-order valence-electron chi connectivity index (χ2n) is 6.02. The summed E-state index contributed by atoms with van der Waals surface area (Å²) in [5.74, 6) is 1.67. The zero-order valence-electron chi connectivity index (χ0n) is 12.2. The molecular weight excluding hydrogens is 284 g/mol. The molecule has 2 amide bonds. The highest BCUT2D eigenvalue weighted by atomic mass is 32.2. The van der Waals surface area contributed by atoms with Gasteiger partial charge in [0.2, 0.25) is 0 Å². The minimum atomic E-state index is -0.727. The monoisotopic (exact) mass is 306 g/mol. The Balaban J connectivity index is 1.45. The number of hydrogen-bond acceptors (Lipinski definition) is 3. The Labute approximate surface area is 129 Å². The lowest BCUT2D eigenvalue weighted by atomic mass is 10.0. The Morgan fingerprint density at radius 3 is 2.95 bits per heavy atom. The van der Waals surface area contributed by atoms with E-state index in [2.05, 4.69) is 28.8 Å². The molecule has 0 bridgehead atoms. The van der Waals surface area contributed by atoms with Gasteiger partial charge in [-0.15, -0.1) is 0 Å². The lowest BCUT2D eigenvalue weighted by Gasteiger charge is -2.21. The molecule has 5 heteroatoms. The van der Waals surface area contributed by atoms with Crippen molar-refractivity contribution in [2.24, 2.45) is 0 Å². The van der Waals surface area contributed by atoms with Gasteiger partial charge in [0.1, 0.15) is 0 Å². The van der Waals surface area contributed by atoms with Crippen LogP contribution in [0, 0.1) is 0 Å². The molecule has 1 aliphatic carbocycles. The number of carbonyl (C=O) groups is 1. The van der Waals surface area contributed by atoms with E-state index in [0.29, 0.717) is 18.8 Å². The van der Waals surface area contributed by atoms with Gasteiger partial charge in [0, 0.05) is 18.8 Å². The zero-order chi connectivity index (χ0) is 14.7. The first-order chi connectivity index (χ1) is 10.1. The van der Waals surface area contributed by atoms with Gasteiger partial charge in [-0.25, -0.2) is 4.79 Å². The van der Waals surface area contributed by atoms with E-state index in [0.717, 1.165) is 24.2 Å². The molecule has 0 aromatic heterocycles. The molecule has 1 aliphatic heterocycles. The van der Waals surface area contributed by atoms with Crippen LogP contribution in [0.25, 0.3) is 0 Å².